The van der Waals surface area contributed by atoms with E-state index in [2.05, 4.69) is 32.7 Å². The average Bonchev–Trinajstić information content (AvgIpc) is 1.92. The Labute approximate surface area is 81.3 Å². The molecule has 2 heteroatoms. The zero-order chi connectivity index (χ0) is 10.1. The summed E-state index contributed by atoms with van der Waals surface area (Å²) in [5.41, 5.74) is -0.782. The molecule has 0 aromatic carbocycles. The molecule has 1 heterocycles. The van der Waals surface area contributed by atoms with Gasteiger partial charge in [-0.1, -0.05) is 20.8 Å². The SMILES string of the molecule is CN1CCC(F)(CC(C)(C)C)CC1. The molecular formula is C11H22FN. The Bertz CT molecular complexity index is 163. The van der Waals surface area contributed by atoms with Crippen LogP contribution in [0.1, 0.15) is 40.0 Å². The van der Waals surface area contributed by atoms with Gasteiger partial charge in [0.2, 0.25) is 0 Å². The molecular weight excluding hydrogens is 165 g/mol. The maximum atomic E-state index is 14.2. The highest BCUT2D eigenvalue weighted by Crippen LogP contribution is 2.37. The number of nitrogens with zero attached hydrogens (tertiary/aromatic N) is 1. The van der Waals surface area contributed by atoms with Crippen LogP contribution in [0.15, 0.2) is 0 Å². The zero-order valence-electron chi connectivity index (χ0n) is 9.36. The smallest absolute Gasteiger partial charge is 0.114 e. The number of likely N-dealkylation sites (tertiary alicyclic amines) is 1. The van der Waals surface area contributed by atoms with E-state index < -0.39 is 5.67 Å². The zero-order valence-corrected chi connectivity index (χ0v) is 9.36. The highest BCUT2D eigenvalue weighted by molar-refractivity contribution is 4.88. The predicted octanol–water partition coefficient (Wildman–Crippen LogP) is 2.86. The highest BCUT2D eigenvalue weighted by atomic mass is 19.1. The van der Waals surface area contributed by atoms with E-state index in [-0.39, 0.29) is 5.41 Å². The third-order valence-corrected chi connectivity index (χ3v) is 2.73. The molecule has 0 radical (unpaired) electrons. The minimum atomic E-state index is -0.898. The topological polar surface area (TPSA) is 3.24 Å². The number of hydrogen-bond acceptors (Lipinski definition) is 1. The van der Waals surface area contributed by atoms with Gasteiger partial charge in [-0.3, -0.25) is 0 Å². The van der Waals surface area contributed by atoms with E-state index in [1.54, 1.807) is 0 Å². The standard InChI is InChI=1S/C11H22FN/c1-10(2,3)9-11(12)5-7-13(4)8-6-11/h5-9H2,1-4H3. The van der Waals surface area contributed by atoms with Crippen LogP contribution in [-0.4, -0.2) is 30.7 Å². The van der Waals surface area contributed by atoms with Crippen molar-refractivity contribution in [2.24, 2.45) is 5.41 Å². The van der Waals surface area contributed by atoms with Gasteiger partial charge in [0.05, 0.1) is 0 Å². The van der Waals surface area contributed by atoms with Crippen LogP contribution in [0, 0.1) is 5.41 Å². The Hall–Kier alpha value is -0.110. The first-order chi connectivity index (χ1) is 5.81. The Kier molecular flexibility index (Phi) is 3.01. The summed E-state index contributed by atoms with van der Waals surface area (Å²) in [7, 11) is 2.07. The quantitative estimate of drug-likeness (QED) is 0.610. The molecule has 0 saturated carbocycles. The predicted molar refractivity (Wildman–Crippen MR) is 54.6 cm³/mol. The fourth-order valence-corrected chi connectivity index (χ4v) is 2.15. The highest BCUT2D eigenvalue weighted by Gasteiger charge is 2.36. The van der Waals surface area contributed by atoms with Crippen molar-refractivity contribution in [1.29, 1.82) is 0 Å². The lowest BCUT2D eigenvalue weighted by molar-refractivity contribution is 0.0319. The summed E-state index contributed by atoms with van der Waals surface area (Å²) in [6.07, 6.45) is 2.12. The summed E-state index contributed by atoms with van der Waals surface area (Å²) in [5, 5.41) is 0. The van der Waals surface area contributed by atoms with E-state index in [1.165, 1.54) is 0 Å². The van der Waals surface area contributed by atoms with Crippen molar-refractivity contribution in [3.63, 3.8) is 0 Å². The summed E-state index contributed by atoms with van der Waals surface area (Å²) >= 11 is 0. The van der Waals surface area contributed by atoms with Crippen LogP contribution in [0.4, 0.5) is 4.39 Å². The molecule has 0 N–H and O–H groups in total. The minimum absolute atomic E-state index is 0.116. The second-order valence-electron chi connectivity index (χ2n) is 5.69. The van der Waals surface area contributed by atoms with Crippen molar-refractivity contribution in [2.75, 3.05) is 20.1 Å². The van der Waals surface area contributed by atoms with Crippen LogP contribution in [0.25, 0.3) is 0 Å². The molecule has 0 amide bonds. The maximum Gasteiger partial charge on any atom is 0.114 e. The molecule has 1 nitrogen and oxygen atoms in total. The summed E-state index contributed by atoms with van der Waals surface area (Å²) in [4.78, 5) is 2.21. The van der Waals surface area contributed by atoms with E-state index >= 15 is 0 Å². The van der Waals surface area contributed by atoms with Crippen molar-refractivity contribution < 1.29 is 4.39 Å². The van der Waals surface area contributed by atoms with Crippen LogP contribution < -0.4 is 0 Å². The molecule has 1 fully saturated rings. The second-order valence-corrected chi connectivity index (χ2v) is 5.69. The van der Waals surface area contributed by atoms with Gasteiger partial charge in [0.1, 0.15) is 5.67 Å². The molecule has 1 saturated heterocycles. The largest absolute Gasteiger partial charge is 0.306 e. The molecule has 0 bridgehead atoms. The third kappa shape index (κ3) is 3.63. The van der Waals surface area contributed by atoms with E-state index in [9.17, 15) is 4.39 Å². The first-order valence-corrected chi connectivity index (χ1v) is 5.18. The van der Waals surface area contributed by atoms with Crippen molar-refractivity contribution in [3.8, 4) is 0 Å². The lowest BCUT2D eigenvalue weighted by Gasteiger charge is -2.38. The van der Waals surface area contributed by atoms with Gasteiger partial charge in [0, 0.05) is 13.1 Å². The molecule has 78 valence electrons. The Morgan fingerprint density at radius 2 is 1.69 bits per heavy atom. The molecule has 1 aliphatic rings. The van der Waals surface area contributed by atoms with E-state index in [0.717, 1.165) is 13.1 Å². The van der Waals surface area contributed by atoms with Crippen molar-refractivity contribution in [2.45, 2.75) is 45.7 Å². The molecule has 0 aromatic heterocycles. The lowest BCUT2D eigenvalue weighted by atomic mass is 9.78. The van der Waals surface area contributed by atoms with Crippen molar-refractivity contribution >= 4 is 0 Å². The van der Waals surface area contributed by atoms with Crippen LogP contribution >= 0.6 is 0 Å². The summed E-state index contributed by atoms with van der Waals surface area (Å²) < 4.78 is 14.2. The van der Waals surface area contributed by atoms with Gasteiger partial charge in [0.25, 0.3) is 0 Å². The van der Waals surface area contributed by atoms with Gasteiger partial charge in [-0.15, -0.1) is 0 Å². The Morgan fingerprint density at radius 1 is 1.23 bits per heavy atom. The maximum absolute atomic E-state index is 14.2. The van der Waals surface area contributed by atoms with Crippen LogP contribution in [0.2, 0.25) is 0 Å². The molecule has 0 aliphatic carbocycles. The van der Waals surface area contributed by atoms with Gasteiger partial charge in [-0.2, -0.15) is 0 Å². The molecule has 13 heavy (non-hydrogen) atoms. The van der Waals surface area contributed by atoms with Crippen LogP contribution in [-0.2, 0) is 0 Å². The van der Waals surface area contributed by atoms with Crippen LogP contribution in [0.3, 0.4) is 0 Å². The first kappa shape index (κ1) is 11.0. The summed E-state index contributed by atoms with van der Waals surface area (Å²) in [6, 6.07) is 0. The molecule has 0 atom stereocenters. The molecule has 0 spiro atoms. The lowest BCUT2D eigenvalue weighted by Crippen LogP contribution is -2.41. The molecule has 0 aromatic rings. The van der Waals surface area contributed by atoms with E-state index in [1.807, 2.05) is 0 Å². The van der Waals surface area contributed by atoms with Gasteiger partial charge >= 0.3 is 0 Å². The number of piperidine rings is 1. The van der Waals surface area contributed by atoms with Gasteiger partial charge < -0.3 is 4.90 Å². The van der Waals surface area contributed by atoms with Crippen LogP contribution in [0.5, 0.6) is 0 Å². The van der Waals surface area contributed by atoms with Gasteiger partial charge in [0.15, 0.2) is 0 Å². The third-order valence-electron chi connectivity index (χ3n) is 2.73. The monoisotopic (exact) mass is 187 g/mol. The van der Waals surface area contributed by atoms with Crippen molar-refractivity contribution in [1.82, 2.24) is 4.90 Å². The first-order valence-electron chi connectivity index (χ1n) is 5.18. The summed E-state index contributed by atoms with van der Waals surface area (Å²) in [5.74, 6) is 0. The van der Waals surface area contributed by atoms with Crippen molar-refractivity contribution in [3.05, 3.63) is 0 Å². The average molecular weight is 187 g/mol. The molecule has 1 rings (SSSR count). The Morgan fingerprint density at radius 3 is 2.08 bits per heavy atom. The van der Waals surface area contributed by atoms with Gasteiger partial charge in [-0.25, -0.2) is 4.39 Å². The normalized spacial score (nSPS) is 24.7. The fourth-order valence-electron chi connectivity index (χ4n) is 2.15. The molecule has 0 unspecified atom stereocenters. The number of rotatable bonds is 1. The fraction of sp³-hybridized carbons (Fsp3) is 1.00. The van der Waals surface area contributed by atoms with E-state index in [0.29, 0.717) is 19.3 Å². The number of alkyl halides is 1. The Balaban J connectivity index is 2.48. The van der Waals surface area contributed by atoms with Gasteiger partial charge in [-0.05, 0) is 31.7 Å². The second kappa shape index (κ2) is 3.56. The molecule has 1 aliphatic heterocycles. The summed E-state index contributed by atoms with van der Waals surface area (Å²) in [6.45, 7) is 8.17. The number of hydrogen-bond donors (Lipinski definition) is 0. The van der Waals surface area contributed by atoms with E-state index in [4.69, 9.17) is 0 Å². The number of halogens is 1. The minimum Gasteiger partial charge on any atom is -0.306 e.